The molecule has 30 heavy (non-hydrogen) atoms. The highest BCUT2D eigenvalue weighted by Gasteiger charge is 2.18. The lowest BCUT2D eigenvalue weighted by atomic mass is 9.87. The molecule has 158 valence electrons. The molecule has 0 unspecified atom stereocenters. The maximum Gasteiger partial charge on any atom is 0.234 e. The molecule has 0 saturated heterocycles. The fourth-order valence-electron chi connectivity index (χ4n) is 2.79. The molecule has 0 radical (unpaired) electrons. The summed E-state index contributed by atoms with van der Waals surface area (Å²) in [7, 11) is 1.58. The maximum absolute atomic E-state index is 12.6. The molecule has 0 aliphatic heterocycles. The predicted molar refractivity (Wildman–Crippen MR) is 124 cm³/mol. The molecule has 0 spiro atoms. The summed E-state index contributed by atoms with van der Waals surface area (Å²) in [6.07, 6.45) is 0. The van der Waals surface area contributed by atoms with Gasteiger partial charge in [-0.2, -0.15) is 0 Å². The second-order valence-corrected chi connectivity index (χ2v) is 9.45. The van der Waals surface area contributed by atoms with Crippen molar-refractivity contribution in [2.45, 2.75) is 31.3 Å². The standard InChI is InChI=1S/C21H24BrN5O2S/c1-21(2,3)13-9-10-17(29-4)16(11-13)24-18(28)12-30-20-26-25-19(27(20)23)14-7-5-6-8-15(14)22/h5-11H,12,23H2,1-4H3,(H,24,28). The van der Waals surface area contributed by atoms with Crippen molar-refractivity contribution in [2.75, 3.05) is 24.0 Å². The summed E-state index contributed by atoms with van der Waals surface area (Å²) >= 11 is 4.70. The Kier molecular flexibility index (Phi) is 6.72. The number of amides is 1. The number of thioether (sulfide) groups is 1. The molecular weight excluding hydrogens is 466 g/mol. The summed E-state index contributed by atoms with van der Waals surface area (Å²) in [6, 6.07) is 13.4. The summed E-state index contributed by atoms with van der Waals surface area (Å²) in [4.78, 5) is 12.6. The van der Waals surface area contributed by atoms with Crippen LogP contribution in [0.3, 0.4) is 0 Å². The largest absolute Gasteiger partial charge is 0.495 e. The molecule has 0 aliphatic carbocycles. The van der Waals surface area contributed by atoms with E-state index in [1.807, 2.05) is 42.5 Å². The van der Waals surface area contributed by atoms with Crippen molar-refractivity contribution in [1.29, 1.82) is 0 Å². The van der Waals surface area contributed by atoms with Gasteiger partial charge in [-0.1, -0.05) is 66.7 Å². The number of benzene rings is 2. The van der Waals surface area contributed by atoms with Crippen molar-refractivity contribution in [3.8, 4) is 17.1 Å². The molecule has 9 heteroatoms. The van der Waals surface area contributed by atoms with Crippen LogP contribution in [0.25, 0.3) is 11.4 Å². The van der Waals surface area contributed by atoms with E-state index in [0.29, 0.717) is 22.4 Å². The summed E-state index contributed by atoms with van der Waals surface area (Å²) in [5.74, 6) is 7.23. The highest BCUT2D eigenvalue weighted by Crippen LogP contribution is 2.32. The van der Waals surface area contributed by atoms with Crippen molar-refractivity contribution in [3.05, 3.63) is 52.5 Å². The summed E-state index contributed by atoms with van der Waals surface area (Å²) in [5, 5.41) is 11.6. The van der Waals surface area contributed by atoms with Gasteiger partial charge >= 0.3 is 0 Å². The summed E-state index contributed by atoms with van der Waals surface area (Å²) in [6.45, 7) is 6.35. The van der Waals surface area contributed by atoms with Crippen LogP contribution < -0.4 is 15.9 Å². The van der Waals surface area contributed by atoms with Gasteiger partial charge in [-0.3, -0.25) is 4.79 Å². The van der Waals surface area contributed by atoms with Crippen LogP contribution in [0.15, 0.2) is 52.1 Å². The van der Waals surface area contributed by atoms with Crippen LogP contribution in [0.1, 0.15) is 26.3 Å². The lowest BCUT2D eigenvalue weighted by Gasteiger charge is -2.21. The van der Waals surface area contributed by atoms with Gasteiger partial charge < -0.3 is 15.9 Å². The van der Waals surface area contributed by atoms with Crippen LogP contribution in [0.5, 0.6) is 5.75 Å². The van der Waals surface area contributed by atoms with Crippen molar-refractivity contribution < 1.29 is 9.53 Å². The minimum atomic E-state index is -0.185. The number of nitrogens with zero attached hydrogens (tertiary/aromatic N) is 3. The molecule has 3 N–H and O–H groups in total. The van der Waals surface area contributed by atoms with Gasteiger partial charge in [0.15, 0.2) is 5.82 Å². The number of ether oxygens (including phenoxy) is 1. The van der Waals surface area contributed by atoms with Crippen molar-refractivity contribution in [2.24, 2.45) is 0 Å². The fourth-order valence-corrected chi connectivity index (χ4v) is 3.91. The number of hydrogen-bond donors (Lipinski definition) is 2. The zero-order chi connectivity index (χ0) is 21.9. The number of nitrogens with one attached hydrogen (secondary N) is 1. The van der Waals surface area contributed by atoms with Crippen LogP contribution >= 0.6 is 27.7 Å². The van der Waals surface area contributed by atoms with Gasteiger partial charge in [0, 0.05) is 10.0 Å². The fraction of sp³-hybridized carbons (Fsp3) is 0.286. The number of methoxy groups -OCH3 is 1. The molecule has 2 aromatic carbocycles. The van der Waals surface area contributed by atoms with Gasteiger partial charge in [-0.05, 0) is 35.2 Å². The van der Waals surface area contributed by atoms with Gasteiger partial charge in [0.25, 0.3) is 0 Å². The molecule has 3 rings (SSSR count). The van der Waals surface area contributed by atoms with E-state index in [-0.39, 0.29) is 17.1 Å². The average molecular weight is 490 g/mol. The number of nitrogen functional groups attached to an aromatic ring is 1. The van der Waals surface area contributed by atoms with Crippen LogP contribution in [0, 0.1) is 0 Å². The van der Waals surface area contributed by atoms with Crippen molar-refractivity contribution in [3.63, 3.8) is 0 Å². The molecule has 1 amide bonds. The number of carbonyl (C=O) groups excluding carboxylic acids is 1. The second kappa shape index (κ2) is 9.09. The van der Waals surface area contributed by atoms with Gasteiger partial charge in [-0.25, -0.2) is 4.68 Å². The molecule has 1 heterocycles. The molecule has 0 saturated carbocycles. The number of rotatable bonds is 6. The first-order valence-electron chi connectivity index (χ1n) is 9.27. The topological polar surface area (TPSA) is 95.1 Å². The predicted octanol–water partition coefficient (Wildman–Crippen LogP) is 4.46. The zero-order valence-corrected chi connectivity index (χ0v) is 19.7. The van der Waals surface area contributed by atoms with Gasteiger partial charge in [0.05, 0.1) is 18.6 Å². The molecule has 0 atom stereocenters. The Morgan fingerprint density at radius 3 is 2.63 bits per heavy atom. The van der Waals surface area contributed by atoms with E-state index in [2.05, 4.69) is 52.2 Å². The Bertz CT molecular complexity index is 1060. The second-order valence-electron chi connectivity index (χ2n) is 7.66. The molecule has 3 aromatic rings. The van der Waals surface area contributed by atoms with Crippen molar-refractivity contribution >= 4 is 39.3 Å². The molecule has 0 aliphatic rings. The first kappa shape index (κ1) is 22.2. The lowest BCUT2D eigenvalue weighted by molar-refractivity contribution is -0.113. The highest BCUT2D eigenvalue weighted by molar-refractivity contribution is 9.10. The highest BCUT2D eigenvalue weighted by atomic mass is 79.9. The minimum absolute atomic E-state index is 0.0431. The monoisotopic (exact) mass is 489 g/mol. The van der Waals surface area contributed by atoms with E-state index < -0.39 is 0 Å². The van der Waals surface area contributed by atoms with E-state index >= 15 is 0 Å². The van der Waals surface area contributed by atoms with Crippen LogP contribution in [0.4, 0.5) is 5.69 Å². The van der Waals surface area contributed by atoms with E-state index in [0.717, 1.165) is 15.6 Å². The van der Waals surface area contributed by atoms with E-state index in [1.165, 1.54) is 16.4 Å². The van der Waals surface area contributed by atoms with Crippen molar-refractivity contribution in [1.82, 2.24) is 14.9 Å². The number of nitrogens with two attached hydrogens (primary N) is 1. The Balaban J connectivity index is 1.71. The molecule has 0 fully saturated rings. The van der Waals surface area contributed by atoms with E-state index in [4.69, 9.17) is 10.6 Å². The molecule has 1 aromatic heterocycles. The van der Waals surface area contributed by atoms with Gasteiger partial charge in [0.1, 0.15) is 5.75 Å². The first-order chi connectivity index (χ1) is 14.2. The van der Waals surface area contributed by atoms with E-state index in [9.17, 15) is 4.79 Å². The van der Waals surface area contributed by atoms with Crippen LogP contribution in [0.2, 0.25) is 0 Å². The Hall–Kier alpha value is -2.52. The van der Waals surface area contributed by atoms with Gasteiger partial charge in [-0.15, -0.1) is 10.2 Å². The zero-order valence-electron chi connectivity index (χ0n) is 17.3. The molecular formula is C21H24BrN5O2S. The quantitative estimate of drug-likeness (QED) is 0.392. The number of anilines is 1. The molecule has 7 nitrogen and oxygen atoms in total. The number of aromatic nitrogens is 3. The summed E-state index contributed by atoms with van der Waals surface area (Å²) in [5.41, 5.74) is 2.52. The SMILES string of the molecule is COc1ccc(C(C)(C)C)cc1NC(=O)CSc1nnc(-c2ccccc2Br)n1N. The third-order valence-electron chi connectivity index (χ3n) is 4.45. The Morgan fingerprint density at radius 2 is 1.97 bits per heavy atom. The summed E-state index contributed by atoms with van der Waals surface area (Å²) < 4.78 is 7.64. The Labute approximate surface area is 188 Å². The normalized spacial score (nSPS) is 11.4. The average Bonchev–Trinajstić information content (AvgIpc) is 3.06. The van der Waals surface area contributed by atoms with Crippen LogP contribution in [-0.2, 0) is 10.2 Å². The Morgan fingerprint density at radius 1 is 1.23 bits per heavy atom. The molecule has 0 bridgehead atoms. The first-order valence-corrected chi connectivity index (χ1v) is 11.0. The third-order valence-corrected chi connectivity index (χ3v) is 6.09. The van der Waals surface area contributed by atoms with Crippen LogP contribution in [-0.4, -0.2) is 33.6 Å². The number of halogens is 1. The van der Waals surface area contributed by atoms with E-state index in [1.54, 1.807) is 7.11 Å². The maximum atomic E-state index is 12.6. The smallest absolute Gasteiger partial charge is 0.234 e. The minimum Gasteiger partial charge on any atom is -0.495 e. The number of hydrogen-bond acceptors (Lipinski definition) is 6. The van der Waals surface area contributed by atoms with Gasteiger partial charge in [0.2, 0.25) is 11.1 Å². The third kappa shape index (κ3) is 4.96. The lowest BCUT2D eigenvalue weighted by Crippen LogP contribution is -2.18. The number of carbonyl (C=O) groups is 1.